The first-order valence-electron chi connectivity index (χ1n) is 7.24. The zero-order valence-corrected chi connectivity index (χ0v) is 12.0. The van der Waals surface area contributed by atoms with Crippen molar-refractivity contribution in [2.24, 2.45) is 0 Å². The van der Waals surface area contributed by atoms with Crippen LogP contribution in [0.25, 0.3) is 0 Å². The van der Waals surface area contributed by atoms with Crippen molar-refractivity contribution in [2.45, 2.75) is 31.8 Å². The van der Waals surface area contributed by atoms with Crippen LogP contribution >= 0.6 is 0 Å². The third-order valence-corrected chi connectivity index (χ3v) is 3.36. The topological polar surface area (TPSA) is 71.5 Å². The average Bonchev–Trinajstić information content (AvgIpc) is 3.03. The van der Waals surface area contributed by atoms with Crippen LogP contribution in [-0.4, -0.2) is 41.9 Å². The van der Waals surface area contributed by atoms with Crippen LogP contribution < -0.4 is 5.32 Å². The molecular weight excluding hydrogens is 268 g/mol. The lowest BCUT2D eigenvalue weighted by Gasteiger charge is -2.11. The molecule has 0 spiro atoms. The Balaban J connectivity index is 1.77. The first kappa shape index (κ1) is 15.5. The average molecular weight is 288 g/mol. The van der Waals surface area contributed by atoms with Crippen LogP contribution in [0.2, 0.25) is 0 Å². The molecule has 0 saturated heterocycles. The Kier molecular flexibility index (Phi) is 6.20. The summed E-state index contributed by atoms with van der Waals surface area (Å²) in [5.41, 5.74) is 1.07. The monoisotopic (exact) mass is 288 g/mol. The first-order chi connectivity index (χ1) is 10.3. The van der Waals surface area contributed by atoms with E-state index in [1.165, 1.54) is 19.0 Å². The lowest BCUT2D eigenvalue weighted by molar-refractivity contribution is 0.0582. The molecule has 5 nitrogen and oxygen atoms in total. The molecule has 5 heteroatoms. The summed E-state index contributed by atoms with van der Waals surface area (Å²) >= 11 is 0. The minimum Gasteiger partial charge on any atom is -0.384 e. The molecule has 2 rings (SSSR count). The predicted molar refractivity (Wildman–Crippen MR) is 78.7 cm³/mol. The van der Waals surface area contributed by atoms with Crippen molar-refractivity contribution in [1.82, 2.24) is 10.3 Å². The van der Waals surface area contributed by atoms with Gasteiger partial charge in [-0.2, -0.15) is 0 Å². The van der Waals surface area contributed by atoms with Gasteiger partial charge in [-0.05, 0) is 18.9 Å². The standard InChI is InChI=1S/C16H20N2O3/c19-8-3-4-13-10-14(12-17-11-13)16(20)18-7-9-21-15-5-1-2-6-15/h10-12,15,19H,1-2,5-9H2,(H,18,20). The van der Waals surface area contributed by atoms with Gasteiger partial charge >= 0.3 is 0 Å². The number of ether oxygens (including phenoxy) is 1. The van der Waals surface area contributed by atoms with Gasteiger partial charge in [0.2, 0.25) is 0 Å². The quantitative estimate of drug-likeness (QED) is 0.629. The number of nitrogens with one attached hydrogen (secondary N) is 1. The summed E-state index contributed by atoms with van der Waals surface area (Å²) < 4.78 is 5.69. The van der Waals surface area contributed by atoms with Crippen LogP contribution in [0.4, 0.5) is 0 Å². The van der Waals surface area contributed by atoms with Gasteiger partial charge in [0.25, 0.3) is 5.91 Å². The van der Waals surface area contributed by atoms with Gasteiger partial charge in [-0.25, -0.2) is 0 Å². The minimum atomic E-state index is -0.213. The van der Waals surface area contributed by atoms with E-state index in [0.29, 0.717) is 30.4 Å². The van der Waals surface area contributed by atoms with Crippen LogP contribution in [0.15, 0.2) is 18.5 Å². The smallest absolute Gasteiger partial charge is 0.252 e. The molecule has 0 unspecified atom stereocenters. The number of carbonyl (C=O) groups is 1. The van der Waals surface area contributed by atoms with Gasteiger partial charge in [0.15, 0.2) is 0 Å². The SMILES string of the molecule is O=C(NCCOC1CCCC1)c1cncc(C#CCO)c1. The predicted octanol–water partition coefficient (Wildman–Crippen LogP) is 1.11. The molecule has 0 radical (unpaired) electrons. The number of hydrogen-bond donors (Lipinski definition) is 2. The summed E-state index contributed by atoms with van der Waals surface area (Å²) in [5, 5.41) is 11.5. The molecule has 0 bridgehead atoms. The Hall–Kier alpha value is -1.90. The second-order valence-electron chi connectivity index (χ2n) is 4.96. The molecule has 0 aliphatic heterocycles. The number of aliphatic hydroxyl groups is 1. The molecule has 1 aromatic rings. The van der Waals surface area contributed by atoms with Gasteiger partial charge in [-0.3, -0.25) is 9.78 Å². The molecule has 1 fully saturated rings. The lowest BCUT2D eigenvalue weighted by Crippen LogP contribution is -2.28. The summed E-state index contributed by atoms with van der Waals surface area (Å²) in [6.45, 7) is 0.810. The molecule has 21 heavy (non-hydrogen) atoms. The maximum absolute atomic E-state index is 12.0. The second-order valence-corrected chi connectivity index (χ2v) is 4.96. The van der Waals surface area contributed by atoms with Gasteiger partial charge < -0.3 is 15.2 Å². The van der Waals surface area contributed by atoms with E-state index in [0.717, 1.165) is 12.8 Å². The van der Waals surface area contributed by atoms with E-state index < -0.39 is 0 Å². The summed E-state index contributed by atoms with van der Waals surface area (Å²) in [6, 6.07) is 1.66. The van der Waals surface area contributed by atoms with Crippen LogP contribution in [0, 0.1) is 11.8 Å². The van der Waals surface area contributed by atoms with Crippen LogP contribution in [-0.2, 0) is 4.74 Å². The van der Waals surface area contributed by atoms with E-state index in [9.17, 15) is 4.79 Å². The third-order valence-electron chi connectivity index (χ3n) is 3.36. The van der Waals surface area contributed by atoms with Gasteiger partial charge in [0.05, 0.1) is 18.3 Å². The number of aromatic nitrogens is 1. The maximum atomic E-state index is 12.0. The lowest BCUT2D eigenvalue weighted by atomic mass is 10.2. The fourth-order valence-corrected chi connectivity index (χ4v) is 2.32. The summed E-state index contributed by atoms with van der Waals surface area (Å²) in [4.78, 5) is 15.9. The first-order valence-corrected chi connectivity index (χ1v) is 7.24. The molecule has 1 aliphatic carbocycles. The van der Waals surface area contributed by atoms with Crippen molar-refractivity contribution in [2.75, 3.05) is 19.8 Å². The van der Waals surface area contributed by atoms with Crippen molar-refractivity contribution in [3.05, 3.63) is 29.6 Å². The van der Waals surface area contributed by atoms with Crippen molar-refractivity contribution >= 4 is 5.91 Å². The van der Waals surface area contributed by atoms with Gasteiger partial charge in [0.1, 0.15) is 6.61 Å². The Morgan fingerprint density at radius 2 is 2.24 bits per heavy atom. The van der Waals surface area contributed by atoms with Crippen molar-refractivity contribution in [3.63, 3.8) is 0 Å². The number of amides is 1. The van der Waals surface area contributed by atoms with Gasteiger partial charge in [-0.1, -0.05) is 24.7 Å². The van der Waals surface area contributed by atoms with Crippen LogP contribution in [0.1, 0.15) is 41.6 Å². The maximum Gasteiger partial charge on any atom is 0.252 e. The molecule has 1 heterocycles. The van der Waals surface area contributed by atoms with E-state index in [2.05, 4.69) is 22.1 Å². The molecule has 1 aliphatic rings. The molecule has 0 atom stereocenters. The highest BCUT2D eigenvalue weighted by Crippen LogP contribution is 2.20. The second kappa shape index (κ2) is 8.40. The highest BCUT2D eigenvalue weighted by molar-refractivity contribution is 5.94. The molecule has 2 N–H and O–H groups in total. The van der Waals surface area contributed by atoms with Crippen molar-refractivity contribution < 1.29 is 14.6 Å². The minimum absolute atomic E-state index is 0.190. The summed E-state index contributed by atoms with van der Waals surface area (Å²) in [6.07, 6.45) is 8.15. The van der Waals surface area contributed by atoms with Crippen molar-refractivity contribution in [1.29, 1.82) is 0 Å². The van der Waals surface area contributed by atoms with Gasteiger partial charge in [0, 0.05) is 24.5 Å². The van der Waals surface area contributed by atoms with Crippen LogP contribution in [0.5, 0.6) is 0 Å². The molecular formula is C16H20N2O3. The number of hydrogen-bond acceptors (Lipinski definition) is 4. The fraction of sp³-hybridized carbons (Fsp3) is 0.500. The number of nitrogens with zero attached hydrogens (tertiary/aromatic N) is 1. The number of rotatable bonds is 5. The summed E-state index contributed by atoms with van der Waals surface area (Å²) in [5.74, 6) is 5.07. The Bertz CT molecular complexity index is 528. The van der Waals surface area contributed by atoms with Gasteiger partial charge in [-0.15, -0.1) is 0 Å². The zero-order valence-electron chi connectivity index (χ0n) is 12.0. The molecule has 0 aromatic carbocycles. The highest BCUT2D eigenvalue weighted by Gasteiger charge is 2.15. The highest BCUT2D eigenvalue weighted by atomic mass is 16.5. The fourth-order valence-electron chi connectivity index (χ4n) is 2.32. The van der Waals surface area contributed by atoms with E-state index in [-0.39, 0.29) is 12.5 Å². The normalized spacial score (nSPS) is 14.5. The largest absolute Gasteiger partial charge is 0.384 e. The Labute approximate surface area is 124 Å². The Morgan fingerprint density at radius 1 is 1.43 bits per heavy atom. The number of pyridine rings is 1. The molecule has 1 aromatic heterocycles. The van der Waals surface area contributed by atoms with E-state index >= 15 is 0 Å². The zero-order chi connectivity index (χ0) is 14.9. The number of aliphatic hydroxyl groups excluding tert-OH is 1. The van der Waals surface area contributed by atoms with Crippen molar-refractivity contribution in [3.8, 4) is 11.8 Å². The van der Waals surface area contributed by atoms with E-state index in [4.69, 9.17) is 9.84 Å². The molecule has 1 amide bonds. The molecule has 112 valence electrons. The van der Waals surface area contributed by atoms with Crippen LogP contribution in [0.3, 0.4) is 0 Å². The van der Waals surface area contributed by atoms with E-state index in [1.807, 2.05) is 0 Å². The third kappa shape index (κ3) is 5.18. The number of carbonyl (C=O) groups excluding carboxylic acids is 1. The Morgan fingerprint density at radius 3 is 3.00 bits per heavy atom. The summed E-state index contributed by atoms with van der Waals surface area (Å²) in [7, 11) is 0. The van der Waals surface area contributed by atoms with E-state index in [1.54, 1.807) is 12.3 Å². The molecule has 1 saturated carbocycles.